The largest absolute Gasteiger partial charge is 0.748 e. The van der Waals surface area contributed by atoms with E-state index in [1.807, 2.05) is 53.9 Å². The zero-order chi connectivity index (χ0) is 21.3. The van der Waals surface area contributed by atoms with Crippen molar-refractivity contribution in [3.05, 3.63) is 57.4 Å². The number of hydrogen-bond donors (Lipinski definition) is 0. The molecule has 0 spiro atoms. The van der Waals surface area contributed by atoms with Crippen LogP contribution in [0.15, 0.2) is 41.8 Å². The fourth-order valence-corrected chi connectivity index (χ4v) is 6.20. The summed E-state index contributed by atoms with van der Waals surface area (Å²) in [6.07, 6.45) is 4.16. The number of thiophene rings is 1. The second kappa shape index (κ2) is 8.64. The van der Waals surface area contributed by atoms with Crippen molar-refractivity contribution in [2.75, 3.05) is 12.9 Å². The standard InChI is InChI=1S/C21H18ClNO4S3/c1-27-17-13-18-20(21-15(17)9-11-28-21)23(10-4-12-30(24,25)26)19(29-18)8-7-14-5-2-3-6-16(14)22/h2-3,5-9,11,13H,4,10,12H2,1H3/b8-7+. The molecule has 0 radical (unpaired) electrons. The number of methoxy groups -OCH3 is 1. The molecular formula is C21H18ClNO4S3. The highest BCUT2D eigenvalue weighted by Gasteiger charge is 2.24. The molecule has 0 fully saturated rings. The van der Waals surface area contributed by atoms with Gasteiger partial charge in [0, 0.05) is 34.7 Å². The van der Waals surface area contributed by atoms with Crippen LogP contribution >= 0.6 is 34.3 Å². The Labute approximate surface area is 187 Å². The number of nitrogens with zero attached hydrogens (tertiary/aromatic N) is 1. The SMILES string of the molecule is COc1cc2sc(/C=C/c3ccccc3Cl)[n+](CCCS(=O)(=O)[O-])c2c2sccc12. The van der Waals surface area contributed by atoms with E-state index >= 15 is 0 Å². The molecule has 0 saturated heterocycles. The summed E-state index contributed by atoms with van der Waals surface area (Å²) in [6.45, 7) is 0.420. The topological polar surface area (TPSA) is 70.3 Å². The Morgan fingerprint density at radius 1 is 1.23 bits per heavy atom. The Hall–Kier alpha value is -1.97. The Kier molecular flexibility index (Phi) is 6.13. The summed E-state index contributed by atoms with van der Waals surface area (Å²) >= 11 is 9.47. The van der Waals surface area contributed by atoms with E-state index in [1.165, 1.54) is 0 Å². The van der Waals surface area contributed by atoms with Gasteiger partial charge in [-0.15, -0.1) is 11.3 Å². The molecule has 0 atom stereocenters. The van der Waals surface area contributed by atoms with E-state index in [0.29, 0.717) is 11.6 Å². The molecule has 0 bridgehead atoms. The normalized spacial score (nSPS) is 12.4. The molecule has 4 rings (SSSR count). The van der Waals surface area contributed by atoms with Crippen molar-refractivity contribution < 1.29 is 22.3 Å². The summed E-state index contributed by atoms with van der Waals surface area (Å²) in [4.78, 5) is 0. The first-order chi connectivity index (χ1) is 14.4. The van der Waals surface area contributed by atoms with Crippen LogP contribution in [0.2, 0.25) is 5.02 Å². The highest BCUT2D eigenvalue weighted by molar-refractivity contribution is 7.85. The number of thiazole rings is 1. The van der Waals surface area contributed by atoms with Crippen LogP contribution in [0.4, 0.5) is 0 Å². The van der Waals surface area contributed by atoms with Gasteiger partial charge in [-0.3, -0.25) is 0 Å². The van der Waals surface area contributed by atoms with Crippen LogP contribution in [0.5, 0.6) is 5.75 Å². The summed E-state index contributed by atoms with van der Waals surface area (Å²) in [7, 11) is -2.61. The third-order valence-electron chi connectivity index (χ3n) is 4.70. The van der Waals surface area contributed by atoms with E-state index in [1.54, 1.807) is 29.8 Å². The molecule has 0 unspecified atom stereocenters. The average molecular weight is 480 g/mol. The van der Waals surface area contributed by atoms with Gasteiger partial charge >= 0.3 is 0 Å². The lowest BCUT2D eigenvalue weighted by Gasteiger charge is -2.05. The monoisotopic (exact) mass is 479 g/mol. The average Bonchev–Trinajstić information content (AvgIpc) is 3.30. The smallest absolute Gasteiger partial charge is 0.262 e. The van der Waals surface area contributed by atoms with E-state index in [4.69, 9.17) is 16.3 Å². The molecule has 156 valence electrons. The number of fused-ring (bicyclic) bond motifs is 3. The first-order valence-corrected chi connectivity index (χ1v) is 12.8. The van der Waals surface area contributed by atoms with Gasteiger partial charge in [-0.2, -0.15) is 4.57 Å². The summed E-state index contributed by atoms with van der Waals surface area (Å²) in [5, 5.41) is 4.62. The molecule has 2 aromatic heterocycles. The molecule has 4 aromatic rings. The van der Waals surface area contributed by atoms with E-state index in [9.17, 15) is 13.0 Å². The van der Waals surface area contributed by atoms with Gasteiger partial charge in [0.25, 0.3) is 5.01 Å². The van der Waals surface area contributed by atoms with Gasteiger partial charge in [-0.25, -0.2) is 8.42 Å². The molecule has 0 amide bonds. The van der Waals surface area contributed by atoms with Gasteiger partial charge in [0.15, 0.2) is 6.54 Å². The van der Waals surface area contributed by atoms with Gasteiger partial charge in [0.05, 0.1) is 17.2 Å². The molecule has 30 heavy (non-hydrogen) atoms. The predicted octanol–water partition coefficient (Wildman–Crippen LogP) is 5.17. The quantitative estimate of drug-likeness (QED) is 0.271. The van der Waals surface area contributed by atoms with E-state index in [-0.39, 0.29) is 6.42 Å². The second-order valence-electron chi connectivity index (χ2n) is 6.65. The van der Waals surface area contributed by atoms with Crippen LogP contribution in [-0.4, -0.2) is 25.8 Å². The van der Waals surface area contributed by atoms with E-state index in [2.05, 4.69) is 4.57 Å². The molecule has 0 N–H and O–H groups in total. The lowest BCUT2D eigenvalue weighted by Crippen LogP contribution is -2.36. The molecule has 0 aliphatic heterocycles. The zero-order valence-corrected chi connectivity index (χ0v) is 19.2. The highest BCUT2D eigenvalue weighted by Crippen LogP contribution is 2.38. The summed E-state index contributed by atoms with van der Waals surface area (Å²) in [5.41, 5.74) is 1.91. The van der Waals surface area contributed by atoms with Crippen molar-refractivity contribution in [1.82, 2.24) is 0 Å². The minimum atomic E-state index is -4.26. The molecule has 2 aromatic carbocycles. The van der Waals surface area contributed by atoms with Crippen molar-refractivity contribution in [2.45, 2.75) is 13.0 Å². The van der Waals surface area contributed by atoms with Crippen LogP contribution < -0.4 is 9.30 Å². The first kappa shape index (κ1) is 21.3. The van der Waals surface area contributed by atoms with Crippen molar-refractivity contribution in [3.8, 4) is 5.75 Å². The lowest BCUT2D eigenvalue weighted by atomic mass is 10.2. The molecule has 9 heteroatoms. The number of rotatable bonds is 7. The van der Waals surface area contributed by atoms with Gasteiger partial charge in [-0.05, 0) is 29.2 Å². The van der Waals surface area contributed by atoms with Gasteiger partial charge in [0.2, 0.25) is 5.52 Å². The summed E-state index contributed by atoms with van der Waals surface area (Å²) < 4.78 is 43.1. The maximum Gasteiger partial charge on any atom is 0.262 e. The zero-order valence-electron chi connectivity index (χ0n) is 16.0. The molecule has 0 saturated carbocycles. The molecule has 5 nitrogen and oxygen atoms in total. The second-order valence-corrected chi connectivity index (χ2v) is 10.6. The maximum absolute atomic E-state index is 11.1. The molecule has 0 aliphatic rings. The third-order valence-corrected chi connectivity index (χ3v) is 7.85. The van der Waals surface area contributed by atoms with Crippen molar-refractivity contribution in [2.24, 2.45) is 0 Å². The molecular weight excluding hydrogens is 462 g/mol. The fourth-order valence-electron chi connectivity index (χ4n) is 3.36. The molecule has 2 heterocycles. The van der Waals surface area contributed by atoms with Gasteiger partial charge in [-0.1, -0.05) is 41.1 Å². The fraction of sp³-hybridized carbons (Fsp3) is 0.190. The van der Waals surface area contributed by atoms with Crippen LogP contribution in [0.25, 0.3) is 32.5 Å². The number of aromatic nitrogens is 1. The Bertz CT molecular complexity index is 1360. The maximum atomic E-state index is 11.1. The Morgan fingerprint density at radius 3 is 2.77 bits per heavy atom. The minimum absolute atomic E-state index is 0.244. The molecule has 0 aliphatic carbocycles. The number of benzene rings is 2. The Balaban J connectivity index is 1.85. The third kappa shape index (κ3) is 4.38. The Morgan fingerprint density at radius 2 is 2.03 bits per heavy atom. The highest BCUT2D eigenvalue weighted by atomic mass is 35.5. The predicted molar refractivity (Wildman–Crippen MR) is 124 cm³/mol. The van der Waals surface area contributed by atoms with Crippen molar-refractivity contribution >= 4 is 76.8 Å². The van der Waals surface area contributed by atoms with Crippen LogP contribution in [-0.2, 0) is 16.7 Å². The summed E-state index contributed by atoms with van der Waals surface area (Å²) in [5.74, 6) is 0.408. The minimum Gasteiger partial charge on any atom is -0.748 e. The summed E-state index contributed by atoms with van der Waals surface area (Å²) in [6, 6.07) is 11.6. The van der Waals surface area contributed by atoms with Crippen molar-refractivity contribution in [3.63, 3.8) is 0 Å². The number of ether oxygens (including phenoxy) is 1. The van der Waals surface area contributed by atoms with Crippen LogP contribution in [0, 0.1) is 0 Å². The van der Waals surface area contributed by atoms with Gasteiger partial charge in [0.1, 0.15) is 15.1 Å². The lowest BCUT2D eigenvalue weighted by molar-refractivity contribution is -0.667. The number of halogens is 1. The van der Waals surface area contributed by atoms with Crippen LogP contribution in [0.3, 0.4) is 0 Å². The van der Waals surface area contributed by atoms with Crippen molar-refractivity contribution in [1.29, 1.82) is 0 Å². The first-order valence-electron chi connectivity index (χ1n) is 9.14. The van der Waals surface area contributed by atoms with E-state index in [0.717, 1.165) is 36.6 Å². The van der Waals surface area contributed by atoms with Gasteiger partial charge < -0.3 is 9.29 Å². The number of aryl methyl sites for hydroxylation is 1. The van der Waals surface area contributed by atoms with Crippen LogP contribution in [0.1, 0.15) is 17.0 Å². The van der Waals surface area contributed by atoms with E-state index < -0.39 is 15.9 Å². The number of hydrogen-bond acceptors (Lipinski definition) is 6.